The zero-order valence-electron chi connectivity index (χ0n) is 10.2. The van der Waals surface area contributed by atoms with Crippen molar-refractivity contribution >= 4 is 5.78 Å². The molecule has 0 heterocycles. The standard InChI is InChI=1S/C16H12F2O/c17-14-6-2-5-13(15(14)18)16(19)12-8-7-10-3-1-4-11(10)9-12/h2,5-9H,1,3-4H2. The Morgan fingerprint density at radius 2 is 1.79 bits per heavy atom. The first-order valence-corrected chi connectivity index (χ1v) is 6.27. The van der Waals surface area contributed by atoms with E-state index in [0.717, 1.165) is 30.9 Å². The Morgan fingerprint density at radius 3 is 2.63 bits per heavy atom. The van der Waals surface area contributed by atoms with Crippen molar-refractivity contribution in [2.75, 3.05) is 0 Å². The van der Waals surface area contributed by atoms with Crippen LogP contribution in [0, 0.1) is 11.6 Å². The maximum absolute atomic E-state index is 13.6. The molecule has 0 bridgehead atoms. The van der Waals surface area contributed by atoms with E-state index in [1.807, 2.05) is 6.07 Å². The molecule has 0 saturated heterocycles. The lowest BCUT2D eigenvalue weighted by atomic mass is 9.99. The van der Waals surface area contributed by atoms with E-state index < -0.39 is 17.4 Å². The fourth-order valence-corrected chi connectivity index (χ4v) is 2.55. The molecule has 1 aliphatic rings. The minimum Gasteiger partial charge on any atom is -0.288 e. The van der Waals surface area contributed by atoms with Crippen molar-refractivity contribution in [3.05, 3.63) is 70.3 Å². The van der Waals surface area contributed by atoms with Gasteiger partial charge in [-0.25, -0.2) is 8.78 Å². The van der Waals surface area contributed by atoms with Gasteiger partial charge in [-0.15, -0.1) is 0 Å². The first-order chi connectivity index (χ1) is 9.16. The lowest BCUT2D eigenvalue weighted by molar-refractivity contribution is 0.103. The van der Waals surface area contributed by atoms with Gasteiger partial charge in [-0.2, -0.15) is 0 Å². The Morgan fingerprint density at radius 1 is 1.00 bits per heavy atom. The van der Waals surface area contributed by atoms with Crippen LogP contribution in [0.25, 0.3) is 0 Å². The van der Waals surface area contributed by atoms with Crippen LogP contribution in [0.5, 0.6) is 0 Å². The highest BCUT2D eigenvalue weighted by molar-refractivity contribution is 6.09. The Labute approximate surface area is 109 Å². The summed E-state index contributed by atoms with van der Waals surface area (Å²) in [4.78, 5) is 12.2. The molecule has 96 valence electrons. The van der Waals surface area contributed by atoms with Crippen molar-refractivity contribution < 1.29 is 13.6 Å². The molecule has 3 heteroatoms. The topological polar surface area (TPSA) is 17.1 Å². The molecule has 0 radical (unpaired) electrons. The van der Waals surface area contributed by atoms with Gasteiger partial charge in [-0.1, -0.05) is 18.2 Å². The van der Waals surface area contributed by atoms with Gasteiger partial charge in [0, 0.05) is 5.56 Å². The van der Waals surface area contributed by atoms with Crippen LogP contribution >= 0.6 is 0 Å². The van der Waals surface area contributed by atoms with Crippen molar-refractivity contribution in [1.29, 1.82) is 0 Å². The summed E-state index contributed by atoms with van der Waals surface area (Å²) in [6, 6.07) is 9.07. The average Bonchev–Trinajstić information content (AvgIpc) is 2.88. The SMILES string of the molecule is O=C(c1ccc2c(c1)CCC2)c1cccc(F)c1F. The van der Waals surface area contributed by atoms with Gasteiger partial charge in [-0.05, 0) is 48.6 Å². The van der Waals surface area contributed by atoms with Gasteiger partial charge in [0.1, 0.15) is 0 Å². The van der Waals surface area contributed by atoms with Crippen LogP contribution in [0.1, 0.15) is 33.5 Å². The van der Waals surface area contributed by atoms with Crippen molar-refractivity contribution in [2.24, 2.45) is 0 Å². The number of hydrogen-bond acceptors (Lipinski definition) is 1. The van der Waals surface area contributed by atoms with Crippen molar-refractivity contribution in [2.45, 2.75) is 19.3 Å². The summed E-state index contributed by atoms with van der Waals surface area (Å²) >= 11 is 0. The Balaban J connectivity index is 2.02. The lowest BCUT2D eigenvalue weighted by Crippen LogP contribution is -2.06. The number of hydrogen-bond donors (Lipinski definition) is 0. The first-order valence-electron chi connectivity index (χ1n) is 6.27. The highest BCUT2D eigenvalue weighted by Crippen LogP contribution is 2.24. The summed E-state index contributed by atoms with van der Waals surface area (Å²) in [7, 11) is 0. The molecule has 1 nitrogen and oxygen atoms in total. The second-order valence-corrected chi connectivity index (χ2v) is 4.77. The summed E-state index contributed by atoms with van der Waals surface area (Å²) in [5, 5.41) is 0. The average molecular weight is 258 g/mol. The summed E-state index contributed by atoms with van der Waals surface area (Å²) in [5.74, 6) is -2.54. The van der Waals surface area contributed by atoms with E-state index in [4.69, 9.17) is 0 Å². The van der Waals surface area contributed by atoms with Gasteiger partial charge >= 0.3 is 0 Å². The van der Waals surface area contributed by atoms with Crippen LogP contribution in [0.2, 0.25) is 0 Å². The second-order valence-electron chi connectivity index (χ2n) is 4.77. The minimum atomic E-state index is -1.08. The predicted molar refractivity (Wildman–Crippen MR) is 68.3 cm³/mol. The number of ketones is 1. The zero-order valence-corrected chi connectivity index (χ0v) is 10.2. The largest absolute Gasteiger partial charge is 0.288 e. The third-order valence-electron chi connectivity index (χ3n) is 3.56. The fraction of sp³-hybridized carbons (Fsp3) is 0.188. The number of aryl methyl sites for hydroxylation is 2. The molecule has 0 saturated carbocycles. The van der Waals surface area contributed by atoms with E-state index in [9.17, 15) is 13.6 Å². The zero-order chi connectivity index (χ0) is 13.4. The Hall–Kier alpha value is -2.03. The van der Waals surface area contributed by atoms with Crippen molar-refractivity contribution in [1.82, 2.24) is 0 Å². The maximum Gasteiger partial charge on any atom is 0.196 e. The molecule has 0 aliphatic heterocycles. The van der Waals surface area contributed by atoms with Gasteiger partial charge in [-0.3, -0.25) is 4.79 Å². The van der Waals surface area contributed by atoms with E-state index in [2.05, 4.69) is 0 Å². The van der Waals surface area contributed by atoms with Gasteiger partial charge in [0.15, 0.2) is 17.4 Å². The summed E-state index contributed by atoms with van der Waals surface area (Å²) in [6.07, 6.45) is 3.06. The molecular formula is C16H12F2O. The quantitative estimate of drug-likeness (QED) is 0.751. The summed E-state index contributed by atoms with van der Waals surface area (Å²) < 4.78 is 26.8. The number of benzene rings is 2. The van der Waals surface area contributed by atoms with E-state index in [1.165, 1.54) is 17.7 Å². The highest BCUT2D eigenvalue weighted by atomic mass is 19.2. The molecule has 0 N–H and O–H groups in total. The molecule has 1 aliphatic carbocycles. The van der Waals surface area contributed by atoms with E-state index in [1.54, 1.807) is 12.1 Å². The Bertz CT molecular complexity index is 662. The smallest absolute Gasteiger partial charge is 0.196 e. The van der Waals surface area contributed by atoms with Gasteiger partial charge in [0.2, 0.25) is 0 Å². The summed E-state index contributed by atoms with van der Waals surface area (Å²) in [6.45, 7) is 0. The molecule has 0 amide bonds. The van der Waals surface area contributed by atoms with Crippen molar-refractivity contribution in [3.8, 4) is 0 Å². The van der Waals surface area contributed by atoms with E-state index in [0.29, 0.717) is 5.56 Å². The van der Waals surface area contributed by atoms with Crippen LogP contribution < -0.4 is 0 Å². The molecule has 0 atom stereocenters. The number of carbonyl (C=O) groups excluding carboxylic acids is 1. The molecule has 0 fully saturated rings. The van der Waals surface area contributed by atoms with Crippen molar-refractivity contribution in [3.63, 3.8) is 0 Å². The monoisotopic (exact) mass is 258 g/mol. The fourth-order valence-electron chi connectivity index (χ4n) is 2.55. The second kappa shape index (κ2) is 4.57. The van der Waals surface area contributed by atoms with E-state index in [-0.39, 0.29) is 5.56 Å². The number of carbonyl (C=O) groups is 1. The molecule has 0 aromatic heterocycles. The Kier molecular flexibility index (Phi) is 2.90. The third-order valence-corrected chi connectivity index (χ3v) is 3.56. The van der Waals surface area contributed by atoms with E-state index >= 15 is 0 Å². The molecule has 0 spiro atoms. The predicted octanol–water partition coefficient (Wildman–Crippen LogP) is 3.68. The molecule has 2 aromatic rings. The first kappa shape index (κ1) is 12.0. The maximum atomic E-state index is 13.6. The highest BCUT2D eigenvalue weighted by Gasteiger charge is 2.19. The normalized spacial score (nSPS) is 13.4. The van der Waals surface area contributed by atoms with Gasteiger partial charge in [0.05, 0.1) is 5.56 Å². The van der Waals surface area contributed by atoms with Crippen LogP contribution in [-0.4, -0.2) is 5.78 Å². The minimum absolute atomic E-state index is 0.210. The molecule has 3 rings (SSSR count). The molecule has 19 heavy (non-hydrogen) atoms. The molecule has 0 unspecified atom stereocenters. The molecular weight excluding hydrogens is 246 g/mol. The summed E-state index contributed by atoms with van der Waals surface area (Å²) in [5.41, 5.74) is 2.60. The number of rotatable bonds is 2. The molecule has 2 aromatic carbocycles. The van der Waals surface area contributed by atoms with Crippen LogP contribution in [0.3, 0.4) is 0 Å². The van der Waals surface area contributed by atoms with Gasteiger partial charge < -0.3 is 0 Å². The number of fused-ring (bicyclic) bond motifs is 1. The van der Waals surface area contributed by atoms with Crippen LogP contribution in [0.4, 0.5) is 8.78 Å². The number of halogens is 2. The van der Waals surface area contributed by atoms with Crippen LogP contribution in [0.15, 0.2) is 36.4 Å². The van der Waals surface area contributed by atoms with Crippen LogP contribution in [-0.2, 0) is 12.8 Å². The van der Waals surface area contributed by atoms with Gasteiger partial charge in [0.25, 0.3) is 0 Å². The third kappa shape index (κ3) is 2.05. The lowest BCUT2D eigenvalue weighted by Gasteiger charge is -2.06.